The second-order valence-electron chi connectivity index (χ2n) is 6.24. The summed E-state index contributed by atoms with van der Waals surface area (Å²) in [5.74, 6) is -0.471. The van der Waals surface area contributed by atoms with E-state index in [-0.39, 0.29) is 16.3 Å². The number of nitro benzene ring substituents is 1. The second-order valence-corrected chi connectivity index (χ2v) is 7.50. The third-order valence-electron chi connectivity index (χ3n) is 4.23. The number of halogens is 1. The van der Waals surface area contributed by atoms with Gasteiger partial charge in [0, 0.05) is 46.2 Å². The van der Waals surface area contributed by atoms with E-state index in [2.05, 4.69) is 15.3 Å². The second kappa shape index (κ2) is 8.40. The van der Waals surface area contributed by atoms with Gasteiger partial charge in [-0.3, -0.25) is 19.9 Å². The van der Waals surface area contributed by atoms with Crippen molar-refractivity contribution in [3.63, 3.8) is 0 Å². The lowest BCUT2D eigenvalue weighted by Gasteiger charge is -2.07. The van der Waals surface area contributed by atoms with Gasteiger partial charge in [0.15, 0.2) is 0 Å². The van der Waals surface area contributed by atoms with Crippen LogP contribution in [-0.4, -0.2) is 20.8 Å². The molecule has 4 aromatic rings. The summed E-state index contributed by atoms with van der Waals surface area (Å²) in [7, 11) is 0. The molecule has 0 saturated heterocycles. The molecule has 0 unspecified atom stereocenters. The Morgan fingerprint density at radius 2 is 1.93 bits per heavy atom. The van der Waals surface area contributed by atoms with Gasteiger partial charge < -0.3 is 5.32 Å². The monoisotopic (exact) mass is 436 g/mol. The highest BCUT2D eigenvalue weighted by molar-refractivity contribution is 7.13. The number of rotatable bonds is 5. The van der Waals surface area contributed by atoms with E-state index in [1.54, 1.807) is 30.6 Å². The number of benzene rings is 2. The Labute approximate surface area is 180 Å². The fourth-order valence-electron chi connectivity index (χ4n) is 2.78. The lowest BCUT2D eigenvalue weighted by molar-refractivity contribution is -0.384. The zero-order valence-electron chi connectivity index (χ0n) is 15.3. The molecule has 2 heterocycles. The first kappa shape index (κ1) is 19.7. The number of anilines is 1. The Bertz CT molecular complexity index is 1240. The first-order chi connectivity index (χ1) is 14.5. The lowest BCUT2D eigenvalue weighted by atomic mass is 10.1. The van der Waals surface area contributed by atoms with Crippen LogP contribution in [0.3, 0.4) is 0 Å². The summed E-state index contributed by atoms with van der Waals surface area (Å²) in [6.45, 7) is 0. The van der Waals surface area contributed by atoms with E-state index in [9.17, 15) is 14.9 Å². The molecule has 0 fully saturated rings. The van der Waals surface area contributed by atoms with Crippen molar-refractivity contribution in [1.29, 1.82) is 0 Å². The van der Waals surface area contributed by atoms with Crippen LogP contribution in [0.25, 0.3) is 21.8 Å². The minimum atomic E-state index is -0.623. The van der Waals surface area contributed by atoms with Gasteiger partial charge in [0.25, 0.3) is 11.6 Å². The predicted molar refractivity (Wildman–Crippen MR) is 117 cm³/mol. The summed E-state index contributed by atoms with van der Waals surface area (Å²) < 4.78 is 0. The van der Waals surface area contributed by atoms with Gasteiger partial charge in [-0.15, -0.1) is 11.3 Å². The average Bonchev–Trinajstić information content (AvgIpc) is 3.25. The van der Waals surface area contributed by atoms with Gasteiger partial charge in [-0.2, -0.15) is 0 Å². The first-order valence-electron chi connectivity index (χ1n) is 8.73. The third-order valence-corrected chi connectivity index (χ3v) is 5.44. The minimum Gasteiger partial charge on any atom is -0.322 e. The number of carbonyl (C=O) groups excluding carboxylic acids is 1. The van der Waals surface area contributed by atoms with Crippen LogP contribution in [0.5, 0.6) is 0 Å². The molecule has 0 bridgehead atoms. The van der Waals surface area contributed by atoms with E-state index in [1.165, 1.54) is 23.5 Å². The summed E-state index contributed by atoms with van der Waals surface area (Å²) in [5, 5.41) is 16.6. The maximum Gasteiger partial charge on any atom is 0.288 e. The molecule has 7 nitrogen and oxygen atoms in total. The van der Waals surface area contributed by atoms with Crippen LogP contribution in [0.15, 0.2) is 72.4 Å². The summed E-state index contributed by atoms with van der Waals surface area (Å²) in [6, 6.07) is 15.0. The molecule has 1 amide bonds. The molecule has 0 spiro atoms. The third kappa shape index (κ3) is 4.19. The topological polar surface area (TPSA) is 98.0 Å². The Hall–Kier alpha value is -3.62. The van der Waals surface area contributed by atoms with Gasteiger partial charge >= 0.3 is 0 Å². The molecule has 0 aliphatic rings. The van der Waals surface area contributed by atoms with Crippen molar-refractivity contribution in [1.82, 2.24) is 9.97 Å². The van der Waals surface area contributed by atoms with Crippen LogP contribution in [0.2, 0.25) is 5.02 Å². The predicted octanol–water partition coefficient (Wildman–Crippen LogP) is 5.69. The van der Waals surface area contributed by atoms with Crippen molar-refractivity contribution >= 4 is 40.2 Å². The highest BCUT2D eigenvalue weighted by atomic mass is 35.5. The maximum absolute atomic E-state index is 12.5. The molecule has 0 atom stereocenters. The van der Waals surface area contributed by atoms with Gasteiger partial charge in [0.2, 0.25) is 0 Å². The molecular weight excluding hydrogens is 424 g/mol. The molecule has 2 aromatic carbocycles. The summed E-state index contributed by atoms with van der Waals surface area (Å²) in [5.41, 5.74) is 2.92. The fourth-order valence-corrected chi connectivity index (χ4v) is 3.79. The van der Waals surface area contributed by atoms with Gasteiger partial charge in [0.1, 0.15) is 10.0 Å². The van der Waals surface area contributed by atoms with Crippen molar-refractivity contribution < 1.29 is 9.72 Å². The number of carbonyl (C=O) groups is 1. The average molecular weight is 437 g/mol. The maximum atomic E-state index is 12.5. The van der Waals surface area contributed by atoms with E-state index >= 15 is 0 Å². The fraction of sp³-hybridized carbons (Fsp3) is 0. The molecule has 0 aliphatic carbocycles. The number of nitro groups is 1. The number of nitrogens with zero attached hydrogens (tertiary/aromatic N) is 3. The van der Waals surface area contributed by atoms with Gasteiger partial charge in [-0.1, -0.05) is 23.7 Å². The van der Waals surface area contributed by atoms with Gasteiger partial charge in [-0.05, 0) is 36.4 Å². The zero-order valence-corrected chi connectivity index (χ0v) is 16.9. The molecule has 9 heteroatoms. The largest absolute Gasteiger partial charge is 0.322 e. The van der Waals surface area contributed by atoms with Crippen molar-refractivity contribution in [3.8, 4) is 21.8 Å². The minimum absolute atomic E-state index is 0.0218. The molecule has 0 aliphatic heterocycles. The standard InChI is InChI=1S/C21H13ClN4O3S/c22-17-7-6-14(10-19(17)26(28)29)20(27)24-16-5-1-3-13(9-16)18-12-30-21(25-18)15-4-2-8-23-11-15/h1-12H,(H,24,27). The first-order valence-corrected chi connectivity index (χ1v) is 9.99. The zero-order chi connectivity index (χ0) is 21.1. The summed E-state index contributed by atoms with van der Waals surface area (Å²) >= 11 is 7.31. The van der Waals surface area contributed by atoms with Crippen molar-refractivity contribution in [2.24, 2.45) is 0 Å². The molecule has 0 saturated carbocycles. The van der Waals surface area contributed by atoms with E-state index in [0.29, 0.717) is 5.69 Å². The van der Waals surface area contributed by atoms with E-state index < -0.39 is 10.8 Å². The number of thiazole rings is 1. The molecule has 148 valence electrons. The van der Waals surface area contributed by atoms with Crippen molar-refractivity contribution in [2.75, 3.05) is 5.32 Å². The Morgan fingerprint density at radius 1 is 1.10 bits per heavy atom. The normalized spacial score (nSPS) is 10.6. The number of hydrogen-bond donors (Lipinski definition) is 1. The quantitative estimate of drug-likeness (QED) is 0.320. The van der Waals surface area contributed by atoms with Crippen LogP contribution in [0.1, 0.15) is 10.4 Å². The van der Waals surface area contributed by atoms with Crippen LogP contribution in [0, 0.1) is 10.1 Å². The smallest absolute Gasteiger partial charge is 0.288 e. The Balaban J connectivity index is 1.56. The summed E-state index contributed by atoms with van der Waals surface area (Å²) in [6.07, 6.45) is 3.46. The van der Waals surface area contributed by atoms with E-state index in [0.717, 1.165) is 27.9 Å². The van der Waals surface area contributed by atoms with Gasteiger partial charge in [0.05, 0.1) is 10.6 Å². The number of amides is 1. The van der Waals surface area contributed by atoms with E-state index in [4.69, 9.17) is 11.6 Å². The molecular formula is C21H13ClN4O3S. The SMILES string of the molecule is O=C(Nc1cccc(-c2csc(-c3cccnc3)n2)c1)c1ccc(Cl)c([N+](=O)[O-])c1. The van der Waals surface area contributed by atoms with Crippen LogP contribution < -0.4 is 5.32 Å². The lowest BCUT2D eigenvalue weighted by Crippen LogP contribution is -2.12. The Kier molecular flexibility index (Phi) is 5.51. The summed E-state index contributed by atoms with van der Waals surface area (Å²) in [4.78, 5) is 31.7. The highest BCUT2D eigenvalue weighted by Gasteiger charge is 2.16. The number of pyridine rings is 1. The van der Waals surface area contributed by atoms with Gasteiger partial charge in [-0.25, -0.2) is 4.98 Å². The molecule has 4 rings (SSSR count). The van der Waals surface area contributed by atoms with E-state index in [1.807, 2.05) is 23.6 Å². The number of hydrogen-bond acceptors (Lipinski definition) is 6. The van der Waals surface area contributed by atoms with Crippen molar-refractivity contribution in [3.05, 3.63) is 93.1 Å². The van der Waals surface area contributed by atoms with Crippen molar-refractivity contribution in [2.45, 2.75) is 0 Å². The molecule has 1 N–H and O–H groups in total. The number of aromatic nitrogens is 2. The molecule has 0 radical (unpaired) electrons. The molecule has 30 heavy (non-hydrogen) atoms. The molecule has 2 aromatic heterocycles. The van der Waals surface area contributed by atoms with Crippen LogP contribution in [-0.2, 0) is 0 Å². The van der Waals surface area contributed by atoms with Crippen LogP contribution >= 0.6 is 22.9 Å². The number of nitrogens with one attached hydrogen (secondary N) is 1. The Morgan fingerprint density at radius 3 is 2.70 bits per heavy atom. The van der Waals surface area contributed by atoms with Crippen LogP contribution in [0.4, 0.5) is 11.4 Å². The highest BCUT2D eigenvalue weighted by Crippen LogP contribution is 2.30.